The van der Waals surface area contributed by atoms with Crippen molar-refractivity contribution in [2.45, 2.75) is 18.9 Å². The lowest BCUT2D eigenvalue weighted by molar-refractivity contribution is -0.144. The first-order valence-electron chi connectivity index (χ1n) is 8.60. The SMILES string of the molecule is CNc1ccnc(C(F)(F)F)c1.O=Cc1cnn(Cc2cccc(F)c2Cl)c1C(F)(F)F. The van der Waals surface area contributed by atoms with Crippen LogP contribution in [0, 0.1) is 5.82 Å². The van der Waals surface area contributed by atoms with E-state index in [0.29, 0.717) is 10.4 Å². The van der Waals surface area contributed by atoms with E-state index in [2.05, 4.69) is 15.4 Å². The summed E-state index contributed by atoms with van der Waals surface area (Å²) in [4.78, 5) is 13.8. The summed E-state index contributed by atoms with van der Waals surface area (Å²) in [6, 6.07) is 6.23. The van der Waals surface area contributed by atoms with Crippen LogP contribution in [0.3, 0.4) is 0 Å². The van der Waals surface area contributed by atoms with Crippen LogP contribution in [0.1, 0.15) is 27.3 Å². The summed E-state index contributed by atoms with van der Waals surface area (Å²) in [5.74, 6) is -0.736. The third kappa shape index (κ3) is 6.19. The average Bonchev–Trinajstić information content (AvgIpc) is 3.14. The Morgan fingerprint density at radius 1 is 1.12 bits per heavy atom. The second-order valence-electron chi connectivity index (χ2n) is 6.11. The molecule has 1 aromatic carbocycles. The van der Waals surface area contributed by atoms with Gasteiger partial charge in [-0.05, 0) is 23.8 Å². The van der Waals surface area contributed by atoms with Gasteiger partial charge in [-0.15, -0.1) is 0 Å². The highest BCUT2D eigenvalue weighted by molar-refractivity contribution is 6.31. The van der Waals surface area contributed by atoms with Crippen molar-refractivity contribution in [3.05, 3.63) is 76.1 Å². The van der Waals surface area contributed by atoms with Crippen LogP contribution in [-0.2, 0) is 18.9 Å². The maximum atomic E-state index is 13.2. The van der Waals surface area contributed by atoms with E-state index < -0.39 is 35.1 Å². The minimum Gasteiger partial charge on any atom is -0.388 e. The molecule has 0 atom stereocenters. The molecular formula is C19H14ClF7N4O. The summed E-state index contributed by atoms with van der Waals surface area (Å²) < 4.78 is 88.5. The van der Waals surface area contributed by atoms with Crippen LogP contribution in [0.15, 0.2) is 42.7 Å². The molecule has 2 aromatic heterocycles. The molecule has 2 heterocycles. The fourth-order valence-electron chi connectivity index (χ4n) is 2.49. The number of anilines is 1. The number of hydrogen-bond acceptors (Lipinski definition) is 4. The monoisotopic (exact) mass is 482 g/mol. The molecular weight excluding hydrogens is 469 g/mol. The molecule has 0 aliphatic heterocycles. The lowest BCUT2D eigenvalue weighted by atomic mass is 10.2. The van der Waals surface area contributed by atoms with Crippen LogP contribution in [0.25, 0.3) is 0 Å². The molecule has 0 aliphatic carbocycles. The van der Waals surface area contributed by atoms with Crippen molar-refractivity contribution in [3.63, 3.8) is 0 Å². The highest BCUT2D eigenvalue weighted by Gasteiger charge is 2.38. The second-order valence-corrected chi connectivity index (χ2v) is 6.49. The molecule has 0 amide bonds. The number of carbonyl (C=O) groups excluding carboxylic acids is 1. The van der Waals surface area contributed by atoms with Gasteiger partial charge in [-0.2, -0.15) is 31.4 Å². The molecule has 32 heavy (non-hydrogen) atoms. The Balaban J connectivity index is 0.000000258. The maximum absolute atomic E-state index is 13.2. The number of nitrogens with zero attached hydrogens (tertiary/aromatic N) is 3. The van der Waals surface area contributed by atoms with Crippen LogP contribution in [-0.4, -0.2) is 28.1 Å². The lowest BCUT2D eigenvalue weighted by Crippen LogP contribution is -2.17. The Morgan fingerprint density at radius 3 is 2.38 bits per heavy atom. The fourth-order valence-corrected chi connectivity index (χ4v) is 2.67. The van der Waals surface area contributed by atoms with E-state index in [0.717, 1.165) is 24.5 Å². The molecule has 0 radical (unpaired) electrons. The van der Waals surface area contributed by atoms with Crippen molar-refractivity contribution in [2.24, 2.45) is 0 Å². The normalized spacial score (nSPS) is 11.5. The average molecular weight is 483 g/mol. The number of carbonyl (C=O) groups is 1. The van der Waals surface area contributed by atoms with Crippen molar-refractivity contribution in [3.8, 4) is 0 Å². The molecule has 3 rings (SSSR count). The smallest absolute Gasteiger partial charge is 0.388 e. The predicted octanol–water partition coefficient (Wildman–Crippen LogP) is 5.70. The third-order valence-corrected chi connectivity index (χ3v) is 4.38. The van der Waals surface area contributed by atoms with E-state index in [4.69, 9.17) is 11.6 Å². The minimum atomic E-state index is -4.74. The zero-order chi connectivity index (χ0) is 24.1. The molecule has 0 bridgehead atoms. The number of pyridine rings is 1. The zero-order valence-corrected chi connectivity index (χ0v) is 16.9. The molecule has 0 unspecified atom stereocenters. The number of halogens is 8. The van der Waals surface area contributed by atoms with Crippen molar-refractivity contribution < 1.29 is 35.5 Å². The topological polar surface area (TPSA) is 59.8 Å². The summed E-state index contributed by atoms with van der Waals surface area (Å²) in [5.41, 5.74) is -2.11. The number of hydrogen-bond donors (Lipinski definition) is 1. The summed E-state index contributed by atoms with van der Waals surface area (Å²) in [5, 5.41) is 5.83. The van der Waals surface area contributed by atoms with Gasteiger partial charge in [-0.25, -0.2) is 4.39 Å². The number of aldehydes is 1. The lowest BCUT2D eigenvalue weighted by Gasteiger charge is -2.12. The number of rotatable bonds is 4. The summed E-state index contributed by atoms with van der Waals surface area (Å²) in [7, 11) is 1.55. The Kier molecular flexibility index (Phi) is 7.83. The Morgan fingerprint density at radius 2 is 1.81 bits per heavy atom. The molecule has 0 spiro atoms. The van der Waals surface area contributed by atoms with E-state index >= 15 is 0 Å². The molecule has 13 heteroatoms. The standard InChI is InChI=1S/C12H7ClF4N2O.C7H7F3N2/c13-10-7(2-1-3-9(10)14)5-19-11(12(15,16)17)8(6-20)4-18-19;1-11-5-2-3-12-6(4-5)7(8,9)10/h1-4,6H,5H2;2-4H,1H3,(H,11,12). The Bertz CT molecular complexity index is 1080. The number of alkyl halides is 6. The van der Waals surface area contributed by atoms with E-state index in [1.54, 1.807) is 7.05 Å². The number of benzene rings is 1. The van der Waals surface area contributed by atoms with E-state index in [-0.39, 0.29) is 23.4 Å². The van der Waals surface area contributed by atoms with E-state index in [9.17, 15) is 35.5 Å². The summed E-state index contributed by atoms with van der Waals surface area (Å²) in [6.07, 6.45) is -7.11. The zero-order valence-electron chi connectivity index (χ0n) is 16.1. The van der Waals surface area contributed by atoms with Gasteiger partial charge in [0.25, 0.3) is 0 Å². The van der Waals surface area contributed by atoms with Gasteiger partial charge in [0.1, 0.15) is 11.5 Å². The van der Waals surface area contributed by atoms with Gasteiger partial charge >= 0.3 is 12.4 Å². The van der Waals surface area contributed by atoms with Crippen LogP contribution < -0.4 is 5.32 Å². The highest BCUT2D eigenvalue weighted by Crippen LogP contribution is 2.32. The largest absolute Gasteiger partial charge is 0.433 e. The van der Waals surface area contributed by atoms with Gasteiger partial charge < -0.3 is 5.32 Å². The first kappa shape index (κ1) is 25.1. The Labute approximate surface area is 181 Å². The van der Waals surface area contributed by atoms with Crippen molar-refractivity contribution in [1.82, 2.24) is 14.8 Å². The first-order chi connectivity index (χ1) is 14.9. The third-order valence-electron chi connectivity index (χ3n) is 3.95. The molecule has 0 saturated carbocycles. The van der Waals surface area contributed by atoms with Gasteiger partial charge in [0.15, 0.2) is 12.0 Å². The number of aromatic nitrogens is 3. The Hall–Kier alpha value is -3.15. The van der Waals surface area contributed by atoms with Crippen LogP contribution in [0.5, 0.6) is 0 Å². The summed E-state index contributed by atoms with van der Waals surface area (Å²) in [6.45, 7) is -0.390. The highest BCUT2D eigenvalue weighted by atomic mass is 35.5. The van der Waals surface area contributed by atoms with Gasteiger partial charge in [-0.3, -0.25) is 14.5 Å². The second kappa shape index (κ2) is 9.98. The van der Waals surface area contributed by atoms with Gasteiger partial charge in [-0.1, -0.05) is 23.7 Å². The van der Waals surface area contributed by atoms with E-state index in [1.807, 2.05) is 0 Å². The predicted molar refractivity (Wildman–Crippen MR) is 102 cm³/mol. The first-order valence-corrected chi connectivity index (χ1v) is 8.98. The van der Waals surface area contributed by atoms with Crippen LogP contribution >= 0.6 is 11.6 Å². The number of nitrogens with one attached hydrogen (secondary N) is 1. The quantitative estimate of drug-likeness (QED) is 0.383. The fraction of sp³-hybridized carbons (Fsp3) is 0.211. The summed E-state index contributed by atoms with van der Waals surface area (Å²) >= 11 is 5.68. The molecule has 0 aliphatic rings. The molecule has 0 fully saturated rings. The van der Waals surface area contributed by atoms with Gasteiger partial charge in [0, 0.05) is 18.9 Å². The van der Waals surface area contributed by atoms with Crippen molar-refractivity contribution in [2.75, 3.05) is 12.4 Å². The molecule has 5 nitrogen and oxygen atoms in total. The van der Waals surface area contributed by atoms with Crippen molar-refractivity contribution in [1.29, 1.82) is 0 Å². The van der Waals surface area contributed by atoms with Crippen LogP contribution in [0.4, 0.5) is 36.4 Å². The maximum Gasteiger partial charge on any atom is 0.433 e. The van der Waals surface area contributed by atoms with E-state index in [1.165, 1.54) is 18.2 Å². The van der Waals surface area contributed by atoms with Crippen LogP contribution in [0.2, 0.25) is 5.02 Å². The molecule has 172 valence electrons. The van der Waals surface area contributed by atoms with Gasteiger partial charge in [0.05, 0.1) is 23.3 Å². The minimum absolute atomic E-state index is 0.0690. The molecule has 3 aromatic rings. The molecule has 1 N–H and O–H groups in total. The van der Waals surface area contributed by atoms with Gasteiger partial charge in [0.2, 0.25) is 0 Å². The van der Waals surface area contributed by atoms with Crippen molar-refractivity contribution >= 4 is 23.6 Å². The molecule has 0 saturated heterocycles.